The minimum absolute atomic E-state index is 0.0173. The van der Waals surface area contributed by atoms with Crippen molar-refractivity contribution in [1.82, 2.24) is 0 Å². The fourth-order valence-electron chi connectivity index (χ4n) is 3.26. The van der Waals surface area contributed by atoms with Gasteiger partial charge in [0.2, 0.25) is 5.91 Å². The summed E-state index contributed by atoms with van der Waals surface area (Å²) in [7, 11) is 0. The summed E-state index contributed by atoms with van der Waals surface area (Å²) in [5.74, 6) is -0.213. The summed E-state index contributed by atoms with van der Waals surface area (Å²) in [6, 6.07) is 19.8. The first-order valence-corrected chi connectivity index (χ1v) is 8.67. The molecule has 5 heteroatoms. The molecule has 3 aromatic rings. The summed E-state index contributed by atoms with van der Waals surface area (Å²) in [6.07, 6.45) is -0.882. The largest absolute Gasteiger partial charge is 0.479 e. The van der Waals surface area contributed by atoms with E-state index in [0.717, 1.165) is 15.7 Å². The predicted octanol–water partition coefficient (Wildman–Crippen LogP) is 3.75. The molecule has 0 bridgehead atoms. The summed E-state index contributed by atoms with van der Waals surface area (Å²) >= 11 is 0. The molecule has 0 saturated carbocycles. The van der Waals surface area contributed by atoms with Crippen LogP contribution in [0.15, 0.2) is 66.7 Å². The van der Waals surface area contributed by atoms with E-state index in [1.54, 1.807) is 30.3 Å². The maximum Gasteiger partial charge on any atom is 0.275 e. The number of hydrogen-bond acceptors (Lipinski definition) is 4. The van der Waals surface area contributed by atoms with Gasteiger partial charge in [-0.1, -0.05) is 36.4 Å². The lowest BCUT2D eigenvalue weighted by Gasteiger charge is -2.16. The number of carbonyl (C=O) groups is 3. The first-order chi connectivity index (χ1) is 13.0. The van der Waals surface area contributed by atoms with Crippen molar-refractivity contribution in [3.8, 4) is 5.75 Å². The Hall–Kier alpha value is -3.47. The number of imide groups is 1. The second kappa shape index (κ2) is 6.68. The van der Waals surface area contributed by atoms with Crippen LogP contribution >= 0.6 is 0 Å². The number of hydrogen-bond donors (Lipinski definition) is 0. The summed E-state index contributed by atoms with van der Waals surface area (Å²) in [6.45, 7) is 1.47. The molecule has 0 radical (unpaired) electrons. The molecule has 3 aromatic carbocycles. The van der Waals surface area contributed by atoms with E-state index in [9.17, 15) is 14.4 Å². The Morgan fingerprint density at radius 3 is 2.41 bits per heavy atom. The van der Waals surface area contributed by atoms with Gasteiger partial charge in [0.25, 0.3) is 5.91 Å². The maximum atomic E-state index is 12.8. The fraction of sp³-hybridized carbons (Fsp3) is 0.136. The first kappa shape index (κ1) is 17.0. The number of Topliss-reactive ketones (excluding diaryl/α,β-unsaturated/α-hetero) is 1. The van der Waals surface area contributed by atoms with E-state index < -0.39 is 12.0 Å². The lowest BCUT2D eigenvalue weighted by molar-refractivity contribution is -0.123. The summed E-state index contributed by atoms with van der Waals surface area (Å²) in [4.78, 5) is 37.7. The van der Waals surface area contributed by atoms with Crippen LogP contribution in [-0.2, 0) is 9.59 Å². The number of rotatable bonds is 4. The van der Waals surface area contributed by atoms with Gasteiger partial charge in [-0.3, -0.25) is 14.4 Å². The molecule has 0 spiro atoms. The molecule has 1 aliphatic rings. The van der Waals surface area contributed by atoms with E-state index in [1.165, 1.54) is 6.92 Å². The zero-order chi connectivity index (χ0) is 19.0. The van der Waals surface area contributed by atoms with Gasteiger partial charge in [0.05, 0.1) is 12.1 Å². The molecule has 5 nitrogen and oxygen atoms in total. The van der Waals surface area contributed by atoms with Crippen molar-refractivity contribution in [2.75, 3.05) is 4.90 Å². The van der Waals surface area contributed by atoms with Gasteiger partial charge in [0, 0.05) is 10.9 Å². The second-order valence-corrected chi connectivity index (χ2v) is 6.46. The van der Waals surface area contributed by atoms with Gasteiger partial charge in [-0.2, -0.15) is 0 Å². The Morgan fingerprint density at radius 2 is 1.67 bits per heavy atom. The SMILES string of the molecule is CC(=O)c1ccc(N2C(=O)CC(Oc3cccc4ccccc34)C2=O)cc1. The van der Waals surface area contributed by atoms with Crippen LogP contribution in [0, 0.1) is 0 Å². The Bertz CT molecular complexity index is 1050. The molecule has 1 fully saturated rings. The maximum absolute atomic E-state index is 12.8. The van der Waals surface area contributed by atoms with Gasteiger partial charge in [0.1, 0.15) is 5.75 Å². The standard InChI is InChI=1S/C22H17NO4/c1-14(24)15-9-11-17(12-10-15)23-21(25)13-20(22(23)26)27-19-8-4-6-16-5-2-3-7-18(16)19/h2-12,20H,13H2,1H3. The number of benzene rings is 3. The van der Waals surface area contributed by atoms with Crippen molar-refractivity contribution in [1.29, 1.82) is 0 Å². The molecule has 0 aromatic heterocycles. The minimum Gasteiger partial charge on any atom is -0.479 e. The van der Waals surface area contributed by atoms with Crippen molar-refractivity contribution >= 4 is 34.1 Å². The molecule has 1 atom stereocenters. The highest BCUT2D eigenvalue weighted by Crippen LogP contribution is 2.30. The van der Waals surface area contributed by atoms with Crippen LogP contribution in [-0.4, -0.2) is 23.7 Å². The minimum atomic E-state index is -0.865. The Kier molecular flexibility index (Phi) is 4.20. The Labute approximate surface area is 156 Å². The normalized spacial score (nSPS) is 16.8. The highest BCUT2D eigenvalue weighted by molar-refractivity contribution is 6.22. The first-order valence-electron chi connectivity index (χ1n) is 8.67. The summed E-state index contributed by atoms with van der Waals surface area (Å²) in [5.41, 5.74) is 0.973. The molecule has 27 heavy (non-hydrogen) atoms. The van der Waals surface area contributed by atoms with Gasteiger partial charge in [-0.05, 0) is 42.6 Å². The van der Waals surface area contributed by atoms with Crippen LogP contribution in [0.25, 0.3) is 10.8 Å². The van der Waals surface area contributed by atoms with Crippen LogP contribution in [0.5, 0.6) is 5.75 Å². The molecule has 1 unspecified atom stereocenters. The van der Waals surface area contributed by atoms with Crippen molar-refractivity contribution in [2.24, 2.45) is 0 Å². The number of amides is 2. The van der Waals surface area contributed by atoms with E-state index in [1.807, 2.05) is 36.4 Å². The van der Waals surface area contributed by atoms with Crippen molar-refractivity contribution in [2.45, 2.75) is 19.4 Å². The lowest BCUT2D eigenvalue weighted by Crippen LogP contribution is -2.33. The van der Waals surface area contributed by atoms with Gasteiger partial charge in [-0.15, -0.1) is 0 Å². The zero-order valence-electron chi connectivity index (χ0n) is 14.7. The highest BCUT2D eigenvalue weighted by Gasteiger charge is 2.41. The average Bonchev–Trinajstić information content (AvgIpc) is 2.95. The number of fused-ring (bicyclic) bond motifs is 1. The fourth-order valence-corrected chi connectivity index (χ4v) is 3.26. The van der Waals surface area contributed by atoms with E-state index in [-0.39, 0.29) is 18.1 Å². The number of carbonyl (C=O) groups excluding carboxylic acids is 3. The third-order valence-electron chi connectivity index (χ3n) is 4.66. The van der Waals surface area contributed by atoms with Gasteiger partial charge in [-0.25, -0.2) is 4.90 Å². The number of ketones is 1. The smallest absolute Gasteiger partial charge is 0.275 e. The monoisotopic (exact) mass is 359 g/mol. The zero-order valence-corrected chi connectivity index (χ0v) is 14.7. The molecular weight excluding hydrogens is 342 g/mol. The van der Waals surface area contributed by atoms with Crippen LogP contribution < -0.4 is 9.64 Å². The van der Waals surface area contributed by atoms with Crippen molar-refractivity contribution in [3.05, 3.63) is 72.3 Å². The second-order valence-electron chi connectivity index (χ2n) is 6.46. The summed E-state index contributed by atoms with van der Waals surface area (Å²) < 4.78 is 5.92. The molecule has 0 N–H and O–H groups in total. The number of ether oxygens (including phenoxy) is 1. The van der Waals surface area contributed by atoms with Gasteiger partial charge in [0.15, 0.2) is 11.9 Å². The molecule has 134 valence electrons. The van der Waals surface area contributed by atoms with Crippen LogP contribution in [0.2, 0.25) is 0 Å². The predicted molar refractivity (Wildman–Crippen MR) is 102 cm³/mol. The molecule has 1 aliphatic heterocycles. The number of nitrogens with zero attached hydrogens (tertiary/aromatic N) is 1. The molecule has 2 amide bonds. The van der Waals surface area contributed by atoms with Gasteiger partial charge >= 0.3 is 0 Å². The van der Waals surface area contributed by atoms with Crippen molar-refractivity contribution in [3.63, 3.8) is 0 Å². The van der Waals surface area contributed by atoms with E-state index >= 15 is 0 Å². The molecule has 1 saturated heterocycles. The quantitative estimate of drug-likeness (QED) is 0.526. The van der Waals surface area contributed by atoms with E-state index in [2.05, 4.69) is 0 Å². The molecule has 4 rings (SSSR count). The van der Waals surface area contributed by atoms with E-state index in [0.29, 0.717) is 17.0 Å². The highest BCUT2D eigenvalue weighted by atomic mass is 16.5. The average molecular weight is 359 g/mol. The van der Waals surface area contributed by atoms with Crippen molar-refractivity contribution < 1.29 is 19.1 Å². The molecular formula is C22H17NO4. The Balaban J connectivity index is 1.60. The van der Waals surface area contributed by atoms with Crippen LogP contribution in [0.1, 0.15) is 23.7 Å². The van der Waals surface area contributed by atoms with E-state index in [4.69, 9.17) is 4.74 Å². The Morgan fingerprint density at radius 1 is 0.963 bits per heavy atom. The lowest BCUT2D eigenvalue weighted by atomic mass is 10.1. The third-order valence-corrected chi connectivity index (χ3v) is 4.66. The molecule has 1 heterocycles. The third kappa shape index (κ3) is 3.08. The van der Waals surface area contributed by atoms with Crippen LogP contribution in [0.4, 0.5) is 5.69 Å². The van der Waals surface area contributed by atoms with Gasteiger partial charge < -0.3 is 4.74 Å². The topological polar surface area (TPSA) is 63.7 Å². The molecule has 0 aliphatic carbocycles. The summed E-state index contributed by atoms with van der Waals surface area (Å²) in [5, 5.41) is 1.90. The van der Waals surface area contributed by atoms with Crippen LogP contribution in [0.3, 0.4) is 0 Å². The number of anilines is 1.